The summed E-state index contributed by atoms with van der Waals surface area (Å²) in [6.07, 6.45) is 11.6. The van der Waals surface area contributed by atoms with Gasteiger partial charge in [-0.25, -0.2) is 8.42 Å². The smallest absolute Gasteiger partial charge is 0.726 e. The number of nitrogens with zero attached hydrogens (tertiary/aromatic N) is 1. The molecule has 4 saturated carbocycles. The van der Waals surface area contributed by atoms with Gasteiger partial charge < -0.3 is 14.2 Å². The van der Waals surface area contributed by atoms with Gasteiger partial charge in [-0.2, -0.15) is 0 Å². The van der Waals surface area contributed by atoms with Crippen LogP contribution in [0.5, 0.6) is 0 Å². The van der Waals surface area contributed by atoms with Crippen molar-refractivity contribution in [2.45, 2.75) is 110 Å². The summed E-state index contributed by atoms with van der Waals surface area (Å²) in [6.45, 7) is 8.99. The van der Waals surface area contributed by atoms with Crippen molar-refractivity contribution in [1.82, 2.24) is 4.90 Å². The Morgan fingerprint density at radius 2 is 1.68 bits per heavy atom. The van der Waals surface area contributed by atoms with E-state index >= 15 is 0 Å². The van der Waals surface area contributed by atoms with E-state index in [0.717, 1.165) is 77.3 Å². The molecule has 0 unspecified atom stereocenters. The van der Waals surface area contributed by atoms with Gasteiger partial charge in [0.05, 0.1) is 12.2 Å². The summed E-state index contributed by atoms with van der Waals surface area (Å²) in [5.41, 5.74) is 0.234. The van der Waals surface area contributed by atoms with Gasteiger partial charge in [0.1, 0.15) is 0 Å². The number of hydrogen-bond acceptors (Lipinski definition) is 6. The van der Waals surface area contributed by atoms with Crippen LogP contribution in [-0.2, 0) is 24.1 Å². The summed E-state index contributed by atoms with van der Waals surface area (Å²) in [5.74, 6) is 2.42. The normalized spacial score (nSPS) is 43.5. The van der Waals surface area contributed by atoms with E-state index in [1.807, 2.05) is 4.90 Å². The molecule has 5 fully saturated rings. The van der Waals surface area contributed by atoms with Crippen molar-refractivity contribution in [3.8, 4) is 0 Å². The van der Waals surface area contributed by atoms with Crippen molar-refractivity contribution < 1.29 is 56.2 Å². The molecule has 10 atom stereocenters. The van der Waals surface area contributed by atoms with Crippen molar-refractivity contribution in [1.29, 1.82) is 0 Å². The van der Waals surface area contributed by atoms with E-state index in [0.29, 0.717) is 48.3 Å². The van der Waals surface area contributed by atoms with Crippen LogP contribution in [-0.4, -0.2) is 56.2 Å². The molecule has 0 aromatic carbocycles. The molecule has 1 heterocycles. The van der Waals surface area contributed by atoms with Gasteiger partial charge in [0.15, 0.2) is 0 Å². The zero-order valence-electron chi connectivity index (χ0n) is 24.3. The molecule has 0 aromatic heterocycles. The summed E-state index contributed by atoms with van der Waals surface area (Å²) >= 11 is 0. The molecule has 0 N–H and O–H groups in total. The Morgan fingerprint density at radius 1 is 1.03 bits per heavy atom. The number of carbonyl (C=O) groups excluding carboxylic acids is 1. The molecule has 0 radical (unpaired) electrons. The van der Waals surface area contributed by atoms with Gasteiger partial charge in [-0.3, -0.25) is 8.98 Å². The van der Waals surface area contributed by atoms with Crippen LogP contribution in [0.1, 0.15) is 97.8 Å². The zero-order valence-corrected chi connectivity index (χ0v) is 27.1. The Labute approximate surface area is 252 Å². The van der Waals surface area contributed by atoms with Crippen LogP contribution in [0.4, 0.5) is 0 Å². The van der Waals surface area contributed by atoms with Crippen LogP contribution in [0.2, 0.25) is 0 Å². The van der Waals surface area contributed by atoms with Gasteiger partial charge in [0.2, 0.25) is 16.3 Å². The molecular weight excluding hydrogens is 513 g/mol. The van der Waals surface area contributed by atoms with Crippen molar-refractivity contribution in [3.05, 3.63) is 0 Å². The van der Waals surface area contributed by atoms with E-state index in [9.17, 15) is 17.8 Å². The van der Waals surface area contributed by atoms with Crippen LogP contribution in [0.25, 0.3) is 0 Å². The van der Waals surface area contributed by atoms with Gasteiger partial charge in [0.25, 0.3) is 0 Å². The number of hydrogen-bond donors (Lipinski definition) is 0. The predicted molar refractivity (Wildman–Crippen MR) is 140 cm³/mol. The zero-order chi connectivity index (χ0) is 26.6. The van der Waals surface area contributed by atoms with Crippen molar-refractivity contribution in [2.24, 2.45) is 46.3 Å². The Balaban J connectivity index is 0.00000336. The van der Waals surface area contributed by atoms with Gasteiger partial charge in [-0.1, -0.05) is 20.8 Å². The number of fused-ring (bicyclic) bond motifs is 5. The minimum absolute atomic E-state index is 0. The maximum atomic E-state index is 12.7. The van der Waals surface area contributed by atoms with E-state index in [2.05, 4.69) is 20.8 Å². The number of methoxy groups -OCH3 is 1. The Morgan fingerprint density at radius 3 is 2.34 bits per heavy atom. The van der Waals surface area contributed by atoms with Crippen LogP contribution in [0.3, 0.4) is 0 Å². The van der Waals surface area contributed by atoms with Crippen molar-refractivity contribution in [2.75, 3.05) is 20.2 Å². The van der Waals surface area contributed by atoms with Crippen LogP contribution in [0.15, 0.2) is 0 Å². The Kier molecular flexibility index (Phi) is 9.77. The van der Waals surface area contributed by atoms with Gasteiger partial charge in [-0.15, -0.1) is 0 Å². The molecule has 9 heteroatoms. The monoisotopic (exact) mass is 561 g/mol. The standard InChI is InChI=1S/C29H49NO6S.Na/c1-19(7-10-26(31)30-15-5-6-16-30)22-8-9-23-27-24(12-14-29(22,23)3)28(2)13-11-21(35-4)17-20(28)18-25(27)36-37(32,33)34;/h19-25,27H,5-18H2,1-4H3,(H,32,33,34);/q;+1/p-1/t19-,20+,21-,22-,23+,24+,25+,27+,28+,29-;/m1./s1. The van der Waals surface area contributed by atoms with E-state index in [4.69, 9.17) is 8.92 Å². The summed E-state index contributed by atoms with van der Waals surface area (Å²) < 4.78 is 46.8. The second kappa shape index (κ2) is 11.9. The number of carbonyl (C=O) groups is 1. The fraction of sp³-hybridized carbons (Fsp3) is 0.966. The number of rotatable bonds is 7. The second-order valence-corrected chi connectivity index (χ2v) is 14.7. The molecule has 38 heavy (non-hydrogen) atoms. The molecule has 7 nitrogen and oxygen atoms in total. The molecule has 212 valence electrons. The van der Waals surface area contributed by atoms with Crippen molar-refractivity contribution in [3.63, 3.8) is 0 Å². The number of amides is 1. The predicted octanol–water partition coefficient (Wildman–Crippen LogP) is 2.16. The first kappa shape index (κ1) is 31.2. The molecule has 5 rings (SSSR count). The molecule has 1 saturated heterocycles. The van der Waals surface area contributed by atoms with Gasteiger partial charge in [0, 0.05) is 26.6 Å². The molecule has 0 bridgehead atoms. The number of ether oxygens (including phenoxy) is 1. The summed E-state index contributed by atoms with van der Waals surface area (Å²) in [7, 11) is -3.02. The van der Waals surface area contributed by atoms with Crippen LogP contribution >= 0.6 is 0 Å². The molecule has 5 aliphatic rings. The topological polar surface area (TPSA) is 96.0 Å². The maximum absolute atomic E-state index is 12.7. The minimum atomic E-state index is -4.78. The summed E-state index contributed by atoms with van der Waals surface area (Å²) in [6, 6.07) is 0. The van der Waals surface area contributed by atoms with Crippen LogP contribution < -0.4 is 29.6 Å². The first-order valence-corrected chi connectivity index (χ1v) is 16.2. The SMILES string of the molecule is CO[C@@H]1CC[C@@]2(C)[C@@H](C1)C[C@H](OS(=O)(=O)[O-])[C@@H]1[C@@H]2CC[C@]2(C)[C@@H]([C@H](C)CCC(=O)N3CCCC3)CC[C@@H]12.[Na+]. The fourth-order valence-corrected chi connectivity index (χ4v) is 10.8. The third-order valence-electron chi connectivity index (χ3n) is 12.2. The average molecular weight is 562 g/mol. The van der Waals surface area contributed by atoms with E-state index in [1.54, 1.807) is 7.11 Å². The van der Waals surface area contributed by atoms with E-state index in [-0.39, 0.29) is 52.4 Å². The van der Waals surface area contributed by atoms with Gasteiger partial charge >= 0.3 is 29.6 Å². The fourth-order valence-electron chi connectivity index (χ4n) is 10.3. The third-order valence-corrected chi connectivity index (χ3v) is 12.7. The molecular formula is C29H48NNaO6S. The third kappa shape index (κ3) is 5.80. The number of likely N-dealkylation sites (tertiary alicyclic amines) is 1. The Hall–Kier alpha value is 0.300. The molecule has 1 amide bonds. The molecule has 0 aromatic rings. The molecule has 4 aliphatic carbocycles. The minimum Gasteiger partial charge on any atom is -0.726 e. The molecule has 0 spiro atoms. The second-order valence-electron chi connectivity index (χ2n) is 13.7. The largest absolute Gasteiger partial charge is 1.00 e. The maximum Gasteiger partial charge on any atom is 1.00 e. The quantitative estimate of drug-likeness (QED) is 0.269. The summed E-state index contributed by atoms with van der Waals surface area (Å²) in [4.78, 5) is 14.7. The average Bonchev–Trinajstić information content (AvgIpc) is 3.49. The van der Waals surface area contributed by atoms with E-state index in [1.165, 1.54) is 0 Å². The van der Waals surface area contributed by atoms with Crippen molar-refractivity contribution >= 4 is 16.3 Å². The van der Waals surface area contributed by atoms with Crippen LogP contribution in [0, 0.1) is 46.3 Å². The van der Waals surface area contributed by atoms with E-state index < -0.39 is 16.5 Å². The molecule has 1 aliphatic heterocycles. The first-order valence-electron chi connectivity index (χ1n) is 14.9. The van der Waals surface area contributed by atoms with Gasteiger partial charge in [-0.05, 0) is 117 Å². The Bertz CT molecular complexity index is 957. The summed E-state index contributed by atoms with van der Waals surface area (Å²) in [5, 5.41) is 0. The first-order chi connectivity index (χ1) is 17.5.